The Morgan fingerprint density at radius 1 is 1.22 bits per heavy atom. The summed E-state index contributed by atoms with van der Waals surface area (Å²) in [5.41, 5.74) is 2.27. The second-order valence-electron chi connectivity index (χ2n) is 7.58. The molecular weight excluding hydrogens is 454 g/mol. The third-order valence-corrected chi connectivity index (χ3v) is 7.11. The van der Waals surface area contributed by atoms with Gasteiger partial charge in [-0.2, -0.15) is 17.8 Å². The van der Waals surface area contributed by atoms with E-state index in [1.807, 2.05) is 40.6 Å². The highest BCUT2D eigenvalue weighted by molar-refractivity contribution is 7.87. The molecule has 1 aliphatic heterocycles. The van der Waals surface area contributed by atoms with Crippen LogP contribution in [0, 0.1) is 6.92 Å². The number of fused-ring (bicyclic) bond motifs is 1. The highest BCUT2D eigenvalue weighted by Gasteiger charge is 2.27. The van der Waals surface area contributed by atoms with Gasteiger partial charge in [0.1, 0.15) is 11.6 Å². The van der Waals surface area contributed by atoms with E-state index in [1.165, 1.54) is 6.08 Å². The number of hydrogen-bond donors (Lipinski definition) is 1. The zero-order valence-corrected chi connectivity index (χ0v) is 19.2. The Morgan fingerprint density at radius 2 is 1.94 bits per heavy atom. The molecule has 1 N–H and O–H groups in total. The quantitative estimate of drug-likeness (QED) is 0.570. The smallest absolute Gasteiger partial charge is 0.301 e. The molecule has 0 radical (unpaired) electrons. The molecule has 0 spiro atoms. The molecule has 0 aliphatic carbocycles. The van der Waals surface area contributed by atoms with Crippen molar-refractivity contribution in [1.29, 1.82) is 0 Å². The van der Waals surface area contributed by atoms with Gasteiger partial charge in [0.25, 0.3) is 5.91 Å². The molecule has 0 atom stereocenters. The van der Waals surface area contributed by atoms with Crippen LogP contribution in [0.4, 0.5) is 0 Å². The first-order valence-electron chi connectivity index (χ1n) is 9.98. The topological polar surface area (TPSA) is 106 Å². The molecule has 0 bridgehead atoms. The van der Waals surface area contributed by atoms with E-state index in [-0.39, 0.29) is 31.7 Å². The lowest BCUT2D eigenvalue weighted by Crippen LogP contribution is -2.46. The first-order chi connectivity index (χ1) is 15.2. The molecule has 0 saturated carbocycles. The normalized spacial score (nSPS) is 15.7. The molecule has 1 fully saturated rings. The lowest BCUT2D eigenvalue weighted by Gasteiger charge is -2.24. The van der Waals surface area contributed by atoms with Crippen LogP contribution in [-0.4, -0.2) is 51.9 Å². The van der Waals surface area contributed by atoms with Crippen molar-refractivity contribution < 1.29 is 18.0 Å². The van der Waals surface area contributed by atoms with Crippen LogP contribution in [0.15, 0.2) is 36.5 Å². The van der Waals surface area contributed by atoms with Crippen LogP contribution in [0.25, 0.3) is 22.8 Å². The maximum Gasteiger partial charge on any atom is 0.304 e. The molecule has 1 aromatic carbocycles. The van der Waals surface area contributed by atoms with E-state index in [0.29, 0.717) is 16.3 Å². The molecule has 32 heavy (non-hydrogen) atoms. The number of aromatic nitrogens is 3. The van der Waals surface area contributed by atoms with E-state index in [2.05, 4.69) is 5.10 Å². The van der Waals surface area contributed by atoms with Crippen molar-refractivity contribution in [2.24, 2.45) is 7.05 Å². The first-order valence-corrected chi connectivity index (χ1v) is 11.8. The van der Waals surface area contributed by atoms with Crippen LogP contribution in [0.2, 0.25) is 5.02 Å². The van der Waals surface area contributed by atoms with Gasteiger partial charge >= 0.3 is 10.2 Å². The fourth-order valence-electron chi connectivity index (χ4n) is 3.80. The number of Topliss-reactive ketones (excluding diaryl/α,β-unsaturated/α-hetero) is 1. The minimum atomic E-state index is -4.01. The van der Waals surface area contributed by atoms with Gasteiger partial charge in [0, 0.05) is 61.2 Å². The minimum absolute atomic E-state index is 0.0158. The third kappa shape index (κ3) is 4.34. The zero-order chi connectivity index (χ0) is 23.0. The standard InChI is InChI=1S/C21H22ClN5O4S/c1-14-18(4-6-20(29)24-32(30,31)26-10-8-17(28)9-11-26)21(25(2)23-14)27-12-7-15-13-16(22)3-5-19(15)27/h3-7,12-13H,8-11H2,1-2H3,(H,24,29)/b6-4+. The van der Waals surface area contributed by atoms with Crippen LogP contribution in [0.1, 0.15) is 24.1 Å². The fraction of sp³-hybridized carbons (Fsp3) is 0.286. The highest BCUT2D eigenvalue weighted by Crippen LogP contribution is 2.27. The number of amides is 1. The van der Waals surface area contributed by atoms with Crippen LogP contribution < -0.4 is 4.72 Å². The third-order valence-electron chi connectivity index (χ3n) is 5.37. The summed E-state index contributed by atoms with van der Waals surface area (Å²) in [6.45, 7) is 1.95. The van der Waals surface area contributed by atoms with Crippen molar-refractivity contribution in [1.82, 2.24) is 23.4 Å². The van der Waals surface area contributed by atoms with E-state index in [1.54, 1.807) is 23.9 Å². The number of hydrogen-bond acceptors (Lipinski definition) is 5. The summed E-state index contributed by atoms with van der Waals surface area (Å²) < 4.78 is 31.6. The van der Waals surface area contributed by atoms with E-state index in [0.717, 1.165) is 21.0 Å². The van der Waals surface area contributed by atoms with Crippen molar-refractivity contribution >= 4 is 50.5 Å². The van der Waals surface area contributed by atoms with E-state index in [4.69, 9.17) is 11.6 Å². The number of rotatable bonds is 5. The zero-order valence-electron chi connectivity index (χ0n) is 17.6. The van der Waals surface area contributed by atoms with Gasteiger partial charge in [0.2, 0.25) is 0 Å². The number of halogens is 1. The summed E-state index contributed by atoms with van der Waals surface area (Å²) in [5, 5.41) is 6.04. The summed E-state index contributed by atoms with van der Waals surface area (Å²) in [6, 6.07) is 7.49. The maximum atomic E-state index is 12.4. The van der Waals surface area contributed by atoms with Crippen LogP contribution in [-0.2, 0) is 26.8 Å². The van der Waals surface area contributed by atoms with Crippen molar-refractivity contribution in [3.8, 4) is 5.82 Å². The van der Waals surface area contributed by atoms with Gasteiger partial charge in [-0.3, -0.25) is 14.3 Å². The largest absolute Gasteiger partial charge is 0.304 e. The maximum absolute atomic E-state index is 12.4. The summed E-state index contributed by atoms with van der Waals surface area (Å²) in [7, 11) is -2.21. The minimum Gasteiger partial charge on any atom is -0.301 e. The molecule has 0 unspecified atom stereocenters. The average Bonchev–Trinajstić information content (AvgIpc) is 3.25. The number of carbonyl (C=O) groups is 2. The van der Waals surface area contributed by atoms with Gasteiger partial charge in [0.15, 0.2) is 0 Å². The van der Waals surface area contributed by atoms with Crippen molar-refractivity contribution in [2.45, 2.75) is 19.8 Å². The molecule has 1 aliphatic rings. The molecule has 168 valence electrons. The monoisotopic (exact) mass is 475 g/mol. The van der Waals surface area contributed by atoms with Crippen LogP contribution in [0.5, 0.6) is 0 Å². The van der Waals surface area contributed by atoms with E-state index < -0.39 is 16.1 Å². The predicted octanol–water partition coefficient (Wildman–Crippen LogP) is 2.36. The van der Waals surface area contributed by atoms with Crippen molar-refractivity contribution in [3.63, 3.8) is 0 Å². The van der Waals surface area contributed by atoms with E-state index >= 15 is 0 Å². The van der Waals surface area contributed by atoms with E-state index in [9.17, 15) is 18.0 Å². The Bertz CT molecular complexity index is 1350. The van der Waals surface area contributed by atoms with Gasteiger partial charge in [-0.15, -0.1) is 0 Å². The second kappa shape index (κ2) is 8.53. The number of nitrogens with one attached hydrogen (secondary N) is 1. The number of nitrogens with zero attached hydrogens (tertiary/aromatic N) is 4. The molecular formula is C21H22ClN5O4S. The molecule has 1 saturated heterocycles. The number of ketones is 1. The van der Waals surface area contributed by atoms with Crippen molar-refractivity contribution in [3.05, 3.63) is 52.8 Å². The first kappa shape index (κ1) is 22.3. The number of aryl methyl sites for hydroxylation is 2. The Morgan fingerprint density at radius 3 is 2.66 bits per heavy atom. The molecule has 3 heterocycles. The molecule has 9 nitrogen and oxygen atoms in total. The number of benzene rings is 1. The number of piperidine rings is 1. The Hall–Kier alpha value is -2.95. The van der Waals surface area contributed by atoms with Gasteiger partial charge in [-0.25, -0.2) is 4.72 Å². The molecule has 3 aromatic rings. The summed E-state index contributed by atoms with van der Waals surface area (Å²) >= 11 is 6.09. The van der Waals surface area contributed by atoms with Gasteiger partial charge in [0.05, 0.1) is 11.2 Å². The predicted molar refractivity (Wildman–Crippen MR) is 122 cm³/mol. The van der Waals surface area contributed by atoms with Crippen molar-refractivity contribution in [2.75, 3.05) is 13.1 Å². The van der Waals surface area contributed by atoms with Gasteiger partial charge in [-0.1, -0.05) is 11.6 Å². The summed E-state index contributed by atoms with van der Waals surface area (Å²) in [6.07, 6.45) is 4.90. The summed E-state index contributed by atoms with van der Waals surface area (Å²) in [4.78, 5) is 23.7. The van der Waals surface area contributed by atoms with Crippen LogP contribution in [0.3, 0.4) is 0 Å². The highest BCUT2D eigenvalue weighted by atomic mass is 35.5. The fourth-order valence-corrected chi connectivity index (χ4v) is 5.10. The Labute approximate surface area is 190 Å². The second-order valence-corrected chi connectivity index (χ2v) is 9.68. The molecule has 2 aromatic heterocycles. The Kier molecular flexibility index (Phi) is 5.93. The SMILES string of the molecule is Cc1nn(C)c(-n2ccc3cc(Cl)ccc32)c1/C=C/C(=O)NS(=O)(=O)N1CCC(=O)CC1. The van der Waals surface area contributed by atoms with Gasteiger partial charge in [-0.05, 0) is 37.3 Å². The Balaban J connectivity index is 1.59. The average molecular weight is 476 g/mol. The summed E-state index contributed by atoms with van der Waals surface area (Å²) in [5.74, 6) is -0.0383. The number of carbonyl (C=O) groups excluding carboxylic acids is 2. The lowest BCUT2D eigenvalue weighted by atomic mass is 10.1. The molecule has 4 rings (SSSR count). The molecule has 11 heteroatoms. The van der Waals surface area contributed by atoms with Crippen LogP contribution >= 0.6 is 11.6 Å². The lowest BCUT2D eigenvalue weighted by molar-refractivity contribution is -0.120. The van der Waals surface area contributed by atoms with Gasteiger partial charge < -0.3 is 4.57 Å². The molecule has 1 amide bonds.